The average molecular weight is 383 g/mol. The minimum atomic E-state index is -0.466. The Morgan fingerprint density at radius 2 is 2.14 bits per heavy atom. The molecule has 0 aromatic carbocycles. The number of Topliss-reactive ketones (excluding diaryl/α,β-unsaturated/α-hetero) is 1. The zero-order valence-electron chi connectivity index (χ0n) is 15.7. The van der Waals surface area contributed by atoms with Gasteiger partial charge >= 0.3 is 0 Å². The lowest BCUT2D eigenvalue weighted by Crippen LogP contribution is -2.14. The Kier molecular flexibility index (Phi) is 5.34. The van der Waals surface area contributed by atoms with E-state index >= 15 is 0 Å². The van der Waals surface area contributed by atoms with E-state index in [0.717, 1.165) is 49.2 Å². The van der Waals surface area contributed by atoms with Crippen molar-refractivity contribution in [2.24, 2.45) is 0 Å². The van der Waals surface area contributed by atoms with Gasteiger partial charge in [-0.3, -0.25) is 9.78 Å². The molecule has 1 aliphatic rings. The van der Waals surface area contributed by atoms with Crippen LogP contribution in [0.3, 0.4) is 0 Å². The number of carbonyl (C=O) groups is 1. The maximum atomic E-state index is 13.1. The van der Waals surface area contributed by atoms with Crippen LogP contribution in [0.25, 0.3) is 5.65 Å². The number of halogens is 1. The molecule has 0 N–H and O–H groups in total. The number of hydrogen-bond acceptors (Lipinski definition) is 5. The lowest BCUT2D eigenvalue weighted by atomic mass is 9.97. The van der Waals surface area contributed by atoms with Gasteiger partial charge in [-0.1, -0.05) is 0 Å². The molecule has 0 saturated carbocycles. The molecule has 1 fully saturated rings. The van der Waals surface area contributed by atoms with E-state index in [1.165, 1.54) is 12.1 Å². The molecule has 3 aromatic heterocycles. The summed E-state index contributed by atoms with van der Waals surface area (Å²) in [7, 11) is 0. The van der Waals surface area contributed by atoms with Crippen LogP contribution in [0.15, 0.2) is 36.8 Å². The Morgan fingerprint density at radius 3 is 2.86 bits per heavy atom. The number of carbonyl (C=O) groups excluding carboxylic acids is 1. The largest absolute Gasteiger partial charge is 0.493 e. The normalized spacial score (nSPS) is 15.1. The topological polar surface area (TPSA) is 65.7 Å². The van der Waals surface area contributed by atoms with E-state index in [2.05, 4.69) is 4.98 Å². The van der Waals surface area contributed by atoms with Gasteiger partial charge in [0.05, 0.1) is 18.5 Å². The lowest BCUT2D eigenvalue weighted by Gasteiger charge is -2.19. The van der Waals surface area contributed by atoms with Gasteiger partial charge < -0.3 is 13.9 Å². The third-order valence-corrected chi connectivity index (χ3v) is 4.95. The van der Waals surface area contributed by atoms with Crippen molar-refractivity contribution in [2.45, 2.75) is 32.1 Å². The van der Waals surface area contributed by atoms with Crippen LogP contribution >= 0.6 is 0 Å². The van der Waals surface area contributed by atoms with Crippen molar-refractivity contribution in [3.63, 3.8) is 0 Å². The predicted octanol–water partition coefficient (Wildman–Crippen LogP) is 3.59. The molecule has 0 amide bonds. The Labute approximate surface area is 162 Å². The minimum absolute atomic E-state index is 0.120. The number of rotatable bonds is 6. The molecular formula is C21H22FN3O3. The summed E-state index contributed by atoms with van der Waals surface area (Å²) in [4.78, 5) is 21.2. The van der Waals surface area contributed by atoms with Gasteiger partial charge in [0.15, 0.2) is 5.78 Å². The van der Waals surface area contributed by atoms with Crippen molar-refractivity contribution in [1.82, 2.24) is 14.4 Å². The molecule has 0 spiro atoms. The van der Waals surface area contributed by atoms with Gasteiger partial charge in [-0.25, -0.2) is 9.37 Å². The highest BCUT2D eigenvalue weighted by atomic mass is 19.1. The van der Waals surface area contributed by atoms with E-state index in [1.54, 1.807) is 0 Å². The fourth-order valence-corrected chi connectivity index (χ4v) is 3.50. The number of ether oxygens (including phenoxy) is 2. The third kappa shape index (κ3) is 3.89. The number of ketones is 1. The molecule has 7 heteroatoms. The van der Waals surface area contributed by atoms with Gasteiger partial charge in [-0.05, 0) is 31.9 Å². The molecule has 1 saturated heterocycles. The van der Waals surface area contributed by atoms with Crippen molar-refractivity contribution in [3.05, 3.63) is 59.6 Å². The van der Waals surface area contributed by atoms with Crippen LogP contribution in [0.4, 0.5) is 4.39 Å². The molecule has 0 radical (unpaired) electrons. The molecule has 1 aliphatic heterocycles. The van der Waals surface area contributed by atoms with Crippen LogP contribution in [0.2, 0.25) is 0 Å². The highest BCUT2D eigenvalue weighted by Gasteiger charge is 2.20. The van der Waals surface area contributed by atoms with Gasteiger partial charge in [-0.2, -0.15) is 0 Å². The average Bonchev–Trinajstić information content (AvgIpc) is 3.12. The zero-order valence-corrected chi connectivity index (χ0v) is 15.7. The molecule has 6 nitrogen and oxygen atoms in total. The smallest absolute Gasteiger partial charge is 0.185 e. The maximum Gasteiger partial charge on any atom is 0.185 e. The summed E-state index contributed by atoms with van der Waals surface area (Å²) in [6.07, 6.45) is 7.00. The molecule has 3 aromatic rings. The molecule has 28 heavy (non-hydrogen) atoms. The predicted molar refractivity (Wildman–Crippen MR) is 101 cm³/mol. The monoisotopic (exact) mass is 383 g/mol. The van der Waals surface area contributed by atoms with Gasteiger partial charge in [0.25, 0.3) is 0 Å². The summed E-state index contributed by atoms with van der Waals surface area (Å²) >= 11 is 0. The summed E-state index contributed by atoms with van der Waals surface area (Å²) in [6, 6.07) is 4.51. The number of nitrogens with zero attached hydrogens (tertiary/aromatic N) is 3. The third-order valence-electron chi connectivity index (χ3n) is 4.95. The van der Waals surface area contributed by atoms with E-state index in [9.17, 15) is 9.18 Å². The van der Waals surface area contributed by atoms with Crippen LogP contribution in [0.5, 0.6) is 5.75 Å². The van der Waals surface area contributed by atoms with Crippen molar-refractivity contribution in [1.29, 1.82) is 0 Å². The number of pyridine rings is 2. The summed E-state index contributed by atoms with van der Waals surface area (Å²) in [5.41, 5.74) is 2.81. The van der Waals surface area contributed by atoms with Gasteiger partial charge in [0.1, 0.15) is 22.9 Å². The number of imidazole rings is 1. The number of aromatic nitrogens is 3. The summed E-state index contributed by atoms with van der Waals surface area (Å²) in [6.45, 7) is 3.90. The Bertz CT molecular complexity index is 978. The van der Waals surface area contributed by atoms with Crippen LogP contribution in [-0.4, -0.2) is 40.0 Å². The van der Waals surface area contributed by atoms with Crippen LogP contribution in [0.1, 0.15) is 47.4 Å². The minimum Gasteiger partial charge on any atom is -0.493 e. The first kappa shape index (κ1) is 18.6. The second kappa shape index (κ2) is 8.06. The molecule has 0 aliphatic carbocycles. The van der Waals surface area contributed by atoms with E-state index < -0.39 is 5.82 Å². The molecular weight excluding hydrogens is 361 g/mol. The number of fused-ring (bicyclic) bond motifs is 1. The molecule has 0 atom stereocenters. The Balaban J connectivity index is 1.64. The first-order chi connectivity index (χ1) is 13.6. The van der Waals surface area contributed by atoms with Crippen molar-refractivity contribution in [2.75, 3.05) is 19.8 Å². The van der Waals surface area contributed by atoms with E-state index in [4.69, 9.17) is 14.5 Å². The van der Waals surface area contributed by atoms with Crippen molar-refractivity contribution >= 4 is 11.4 Å². The van der Waals surface area contributed by atoms with Gasteiger partial charge in [0, 0.05) is 49.6 Å². The lowest BCUT2D eigenvalue weighted by molar-refractivity contribution is 0.0846. The SMILES string of the molecule is CCOc1cc2nc(C3CCOCC3)cn2cc1CC(=O)c1ccc(F)cn1. The highest BCUT2D eigenvalue weighted by molar-refractivity contribution is 5.96. The Hall–Kier alpha value is -2.80. The number of hydrogen-bond donors (Lipinski definition) is 0. The first-order valence-electron chi connectivity index (χ1n) is 9.51. The van der Waals surface area contributed by atoms with Crippen LogP contribution < -0.4 is 4.74 Å². The van der Waals surface area contributed by atoms with E-state index in [-0.39, 0.29) is 17.9 Å². The van der Waals surface area contributed by atoms with Crippen molar-refractivity contribution < 1.29 is 18.7 Å². The highest BCUT2D eigenvalue weighted by Crippen LogP contribution is 2.29. The summed E-state index contributed by atoms with van der Waals surface area (Å²) in [5.74, 6) is 0.365. The molecule has 0 bridgehead atoms. The molecule has 4 rings (SSSR count). The molecule has 0 unspecified atom stereocenters. The second-order valence-corrected chi connectivity index (χ2v) is 6.88. The molecule has 146 valence electrons. The van der Waals surface area contributed by atoms with Gasteiger partial charge in [0.2, 0.25) is 0 Å². The van der Waals surface area contributed by atoms with E-state index in [1.807, 2.05) is 29.8 Å². The van der Waals surface area contributed by atoms with Gasteiger partial charge in [-0.15, -0.1) is 0 Å². The fourth-order valence-electron chi connectivity index (χ4n) is 3.50. The fraction of sp³-hybridized carbons (Fsp3) is 0.381. The first-order valence-corrected chi connectivity index (χ1v) is 9.51. The van der Waals surface area contributed by atoms with Crippen molar-refractivity contribution in [3.8, 4) is 5.75 Å². The van der Waals surface area contributed by atoms with E-state index in [0.29, 0.717) is 18.3 Å². The van der Waals surface area contributed by atoms with Crippen LogP contribution in [-0.2, 0) is 11.2 Å². The second-order valence-electron chi connectivity index (χ2n) is 6.88. The standard InChI is InChI=1S/C21H22FN3O3/c1-2-28-20-10-21-24-18(14-5-7-27-8-6-14)13-25(21)12-15(20)9-19(26)17-4-3-16(22)11-23-17/h3-4,10-14H,2,5-9H2,1H3. The Morgan fingerprint density at radius 1 is 1.32 bits per heavy atom. The quantitative estimate of drug-likeness (QED) is 0.609. The summed E-state index contributed by atoms with van der Waals surface area (Å²) in [5, 5.41) is 0. The molecule has 4 heterocycles. The van der Waals surface area contributed by atoms with Crippen LogP contribution in [0, 0.1) is 5.82 Å². The zero-order chi connectivity index (χ0) is 19.5. The maximum absolute atomic E-state index is 13.1. The summed E-state index contributed by atoms with van der Waals surface area (Å²) < 4.78 is 26.2.